The largest absolute Gasteiger partial charge is 0.0616 e. The minimum absolute atomic E-state index is 1.32. The molecule has 468 valence electrons. The molecule has 0 saturated heterocycles. The third-order valence-electron chi connectivity index (χ3n) is 20.1. The summed E-state index contributed by atoms with van der Waals surface area (Å²) in [4.78, 5) is 0. The molecule has 0 fully saturated rings. The fourth-order valence-electron chi connectivity index (χ4n) is 14.1. The summed E-state index contributed by atoms with van der Waals surface area (Å²) < 4.78 is 0. The third kappa shape index (κ3) is 13.3. The highest BCUT2D eigenvalue weighted by Gasteiger charge is 2.10. The Morgan fingerprint density at radius 1 is 0.125 bits per heavy atom. The summed E-state index contributed by atoms with van der Waals surface area (Å²) in [5, 5.41) is 32.2. The standard InChI is InChI=1S/6C16H14/c1-11-13-7-3-5-9-15(13)12(2)16-10-6-4-8-14(11)16;1-11-7-15-9-13-5-3-4-6-14(13)10-16(15)8-12(11)2;1-11-7-12(2)16-10-14-6-4-3-5-13(14)9-15(16)8-11;2*1-11-7-8-15-9-13-5-3-4-6-14(13)10-16(15)12(11)2;1-11-7-8-12(2)16-10-14-6-4-3-5-13(14)9-15(11)16/h6*3-10H,1-2H3. The molecule has 18 aromatic rings. The average molecular weight is 1240 g/mol. The van der Waals surface area contributed by atoms with Crippen LogP contribution in [0.3, 0.4) is 0 Å². The van der Waals surface area contributed by atoms with Crippen LogP contribution in [0.25, 0.3) is 129 Å². The number of hydrogen-bond donors (Lipinski definition) is 0. The van der Waals surface area contributed by atoms with E-state index >= 15 is 0 Å². The van der Waals surface area contributed by atoms with Crippen molar-refractivity contribution in [3.63, 3.8) is 0 Å². The molecule has 0 aliphatic carbocycles. The SMILES string of the molecule is Cc1c2ccccc2c(C)c2ccccc12.Cc1cc(C)c2cc3ccccc3cc2c1.Cc1cc2cc3ccccc3cc2cc1C.Cc1ccc(C)c2cc3ccccc3cc12.Cc1ccc2cc3ccccc3cc2c1C.Cc1ccc2cc3ccccc3cc2c1C. The fourth-order valence-corrected chi connectivity index (χ4v) is 14.1. The second-order valence-corrected chi connectivity index (χ2v) is 26.6. The zero-order chi connectivity index (χ0) is 66.7. The van der Waals surface area contributed by atoms with E-state index in [0.717, 1.165) is 0 Å². The van der Waals surface area contributed by atoms with Crippen molar-refractivity contribution in [3.8, 4) is 0 Å². The Morgan fingerprint density at radius 2 is 0.385 bits per heavy atom. The van der Waals surface area contributed by atoms with Gasteiger partial charge in [0, 0.05) is 0 Å². The maximum absolute atomic E-state index is 2.30. The van der Waals surface area contributed by atoms with Crippen LogP contribution in [0.15, 0.2) is 291 Å². The first-order valence-electron chi connectivity index (χ1n) is 33.9. The molecule has 18 aromatic carbocycles. The van der Waals surface area contributed by atoms with Crippen LogP contribution in [0.2, 0.25) is 0 Å². The maximum atomic E-state index is 2.30. The Bertz CT molecular complexity index is 5550. The molecule has 0 radical (unpaired) electrons. The summed E-state index contributed by atoms with van der Waals surface area (Å²) >= 11 is 0. The van der Waals surface area contributed by atoms with Crippen molar-refractivity contribution < 1.29 is 0 Å². The lowest BCUT2D eigenvalue weighted by molar-refractivity contribution is 1.37. The Kier molecular flexibility index (Phi) is 18.3. The lowest BCUT2D eigenvalue weighted by Crippen LogP contribution is -1.87. The minimum Gasteiger partial charge on any atom is -0.0616 e. The van der Waals surface area contributed by atoms with Crippen LogP contribution in [0, 0.1) is 83.1 Å². The summed E-state index contributed by atoms with van der Waals surface area (Å²) in [5.41, 5.74) is 16.4. The Hall–Kier alpha value is -10.9. The van der Waals surface area contributed by atoms with Gasteiger partial charge in [-0.15, -0.1) is 0 Å². The van der Waals surface area contributed by atoms with Crippen molar-refractivity contribution in [1.82, 2.24) is 0 Å². The average Bonchev–Trinajstić information content (AvgIpc) is 0.799. The number of rotatable bonds is 0. The number of hydrogen-bond acceptors (Lipinski definition) is 0. The van der Waals surface area contributed by atoms with Gasteiger partial charge in [-0.05, 0) is 334 Å². The van der Waals surface area contributed by atoms with Crippen molar-refractivity contribution in [1.29, 1.82) is 0 Å². The summed E-state index contributed by atoms with van der Waals surface area (Å²) in [5.74, 6) is 0. The van der Waals surface area contributed by atoms with E-state index in [0.29, 0.717) is 0 Å². The molecule has 0 atom stereocenters. The predicted molar refractivity (Wildman–Crippen MR) is 426 cm³/mol. The molecule has 0 nitrogen and oxygen atoms in total. The first kappa shape index (κ1) is 63.8. The molecule has 0 saturated carbocycles. The zero-order valence-electron chi connectivity index (χ0n) is 57.7. The molecular weight excluding hydrogens is 1150 g/mol. The van der Waals surface area contributed by atoms with Crippen LogP contribution in [0.4, 0.5) is 0 Å². The highest BCUT2D eigenvalue weighted by molar-refractivity contribution is 6.07. The van der Waals surface area contributed by atoms with Gasteiger partial charge in [0.1, 0.15) is 0 Å². The van der Waals surface area contributed by atoms with Gasteiger partial charge in [0.15, 0.2) is 0 Å². The quantitative estimate of drug-likeness (QED) is 0.133. The lowest BCUT2D eigenvalue weighted by atomic mass is 9.93. The highest BCUT2D eigenvalue weighted by Crippen LogP contribution is 2.34. The van der Waals surface area contributed by atoms with E-state index in [-0.39, 0.29) is 0 Å². The Labute approximate surface area is 566 Å². The first-order chi connectivity index (χ1) is 46.5. The van der Waals surface area contributed by atoms with Gasteiger partial charge in [-0.25, -0.2) is 0 Å². The fraction of sp³-hybridized carbons (Fsp3) is 0.125. The second-order valence-electron chi connectivity index (χ2n) is 26.6. The Balaban J connectivity index is 0.000000104. The molecule has 18 rings (SSSR count). The zero-order valence-corrected chi connectivity index (χ0v) is 57.7. The molecular formula is C96H84. The molecule has 0 heterocycles. The van der Waals surface area contributed by atoms with Crippen LogP contribution in [0.5, 0.6) is 0 Å². The monoisotopic (exact) mass is 1240 g/mol. The van der Waals surface area contributed by atoms with Gasteiger partial charge in [0.05, 0.1) is 0 Å². The Morgan fingerprint density at radius 3 is 0.719 bits per heavy atom. The molecule has 96 heavy (non-hydrogen) atoms. The van der Waals surface area contributed by atoms with Crippen LogP contribution < -0.4 is 0 Å². The molecule has 0 aliphatic heterocycles. The van der Waals surface area contributed by atoms with E-state index in [1.807, 2.05) is 0 Å². The van der Waals surface area contributed by atoms with Crippen LogP contribution in [-0.4, -0.2) is 0 Å². The van der Waals surface area contributed by atoms with Gasteiger partial charge in [0.25, 0.3) is 0 Å². The van der Waals surface area contributed by atoms with Gasteiger partial charge >= 0.3 is 0 Å². The molecule has 0 unspecified atom stereocenters. The van der Waals surface area contributed by atoms with Gasteiger partial charge in [-0.2, -0.15) is 0 Å². The van der Waals surface area contributed by atoms with E-state index < -0.39 is 0 Å². The number of aryl methyl sites for hydroxylation is 12. The van der Waals surface area contributed by atoms with Crippen LogP contribution in [-0.2, 0) is 0 Å². The van der Waals surface area contributed by atoms with E-state index in [1.54, 1.807) is 0 Å². The lowest BCUT2D eigenvalue weighted by Gasteiger charge is -2.11. The molecule has 0 bridgehead atoms. The van der Waals surface area contributed by atoms with Crippen molar-refractivity contribution in [2.24, 2.45) is 0 Å². The van der Waals surface area contributed by atoms with Gasteiger partial charge in [-0.3, -0.25) is 0 Å². The van der Waals surface area contributed by atoms with Gasteiger partial charge < -0.3 is 0 Å². The summed E-state index contributed by atoms with van der Waals surface area (Å²) in [6.07, 6.45) is 0. The molecule has 0 N–H and O–H groups in total. The maximum Gasteiger partial charge on any atom is -0.0146 e. The first-order valence-corrected chi connectivity index (χ1v) is 33.9. The molecule has 0 aliphatic rings. The van der Waals surface area contributed by atoms with E-state index in [4.69, 9.17) is 0 Å². The number of benzene rings is 18. The number of fused-ring (bicyclic) bond motifs is 12. The van der Waals surface area contributed by atoms with Crippen LogP contribution in [0.1, 0.15) is 66.8 Å². The second kappa shape index (κ2) is 27.6. The van der Waals surface area contributed by atoms with Gasteiger partial charge in [0.2, 0.25) is 0 Å². The third-order valence-corrected chi connectivity index (χ3v) is 20.1. The van der Waals surface area contributed by atoms with E-state index in [2.05, 4.69) is 374 Å². The van der Waals surface area contributed by atoms with E-state index in [9.17, 15) is 0 Å². The minimum atomic E-state index is 1.32. The normalized spacial score (nSPS) is 11.1. The predicted octanol–water partition coefficient (Wildman–Crippen LogP) is 27.7. The summed E-state index contributed by atoms with van der Waals surface area (Å²) in [7, 11) is 0. The summed E-state index contributed by atoms with van der Waals surface area (Å²) in [6.45, 7) is 26.2. The molecule has 0 amide bonds. The molecule has 0 aromatic heterocycles. The smallest absolute Gasteiger partial charge is 0.0146 e. The van der Waals surface area contributed by atoms with Crippen molar-refractivity contribution >= 4 is 129 Å². The molecule has 0 heteroatoms. The van der Waals surface area contributed by atoms with Crippen LogP contribution >= 0.6 is 0 Å². The topological polar surface area (TPSA) is 0 Å². The van der Waals surface area contributed by atoms with Gasteiger partial charge in [-0.1, -0.05) is 236 Å². The molecule has 0 spiro atoms. The summed E-state index contributed by atoms with van der Waals surface area (Å²) in [6, 6.07) is 105. The van der Waals surface area contributed by atoms with Crippen molar-refractivity contribution in [2.45, 2.75) is 83.1 Å². The van der Waals surface area contributed by atoms with Crippen molar-refractivity contribution in [2.75, 3.05) is 0 Å². The van der Waals surface area contributed by atoms with Crippen molar-refractivity contribution in [3.05, 3.63) is 358 Å². The highest BCUT2D eigenvalue weighted by atomic mass is 14.1. The van der Waals surface area contributed by atoms with E-state index in [1.165, 1.54) is 196 Å².